The number of nitrogens with zero attached hydrogens (tertiary/aromatic N) is 5. The van der Waals surface area contributed by atoms with Crippen LogP contribution < -0.4 is 14.8 Å². The van der Waals surface area contributed by atoms with Crippen LogP contribution in [0.3, 0.4) is 0 Å². The summed E-state index contributed by atoms with van der Waals surface area (Å²) in [4.78, 5) is 27.5. The largest absolute Gasteiger partial charge is 0.495 e. The van der Waals surface area contributed by atoms with Crippen molar-refractivity contribution in [3.05, 3.63) is 118 Å². The molecule has 1 aliphatic rings. The SMILES string of the molecule is COc1ccccc1-n1c(CNC(=O)COc2ccccc2)nnc1SCC(=O)N1N=C(c2cccs2)CC1c1ccc(C)cc1. The van der Waals surface area contributed by atoms with Gasteiger partial charge in [-0.2, -0.15) is 5.10 Å². The molecule has 2 aromatic heterocycles. The average molecular weight is 653 g/mol. The molecule has 0 spiro atoms. The molecule has 46 heavy (non-hydrogen) atoms. The number of methoxy groups -OCH3 is 1. The number of benzene rings is 3. The summed E-state index contributed by atoms with van der Waals surface area (Å²) in [6, 6.07) is 28.6. The Morgan fingerprint density at radius 3 is 2.52 bits per heavy atom. The number of aromatic nitrogens is 3. The van der Waals surface area contributed by atoms with Gasteiger partial charge in [0.2, 0.25) is 0 Å². The minimum Gasteiger partial charge on any atom is -0.495 e. The predicted octanol–water partition coefficient (Wildman–Crippen LogP) is 5.81. The second-order valence-corrected chi connectivity index (χ2v) is 12.4. The third-order valence-corrected chi connectivity index (χ3v) is 9.17. The highest BCUT2D eigenvalue weighted by atomic mass is 32.2. The zero-order valence-electron chi connectivity index (χ0n) is 25.3. The van der Waals surface area contributed by atoms with E-state index < -0.39 is 0 Å². The van der Waals surface area contributed by atoms with Crippen molar-refractivity contribution in [2.75, 3.05) is 19.5 Å². The highest BCUT2D eigenvalue weighted by molar-refractivity contribution is 7.99. The molecule has 0 saturated carbocycles. The van der Waals surface area contributed by atoms with Crippen LogP contribution in [0.25, 0.3) is 5.69 Å². The van der Waals surface area contributed by atoms with Gasteiger partial charge in [0.15, 0.2) is 17.6 Å². The summed E-state index contributed by atoms with van der Waals surface area (Å²) in [6.45, 7) is 1.99. The molecule has 1 N–H and O–H groups in total. The number of hydrogen-bond acceptors (Lipinski definition) is 9. The first-order valence-electron chi connectivity index (χ1n) is 14.6. The minimum absolute atomic E-state index is 0.0775. The summed E-state index contributed by atoms with van der Waals surface area (Å²) < 4.78 is 13.0. The van der Waals surface area contributed by atoms with E-state index in [1.807, 2.05) is 66.9 Å². The lowest BCUT2D eigenvalue weighted by molar-refractivity contribution is -0.130. The smallest absolute Gasteiger partial charge is 0.258 e. The highest BCUT2D eigenvalue weighted by Crippen LogP contribution is 2.35. The Bertz CT molecular complexity index is 1820. The van der Waals surface area contributed by atoms with Crippen molar-refractivity contribution in [1.29, 1.82) is 0 Å². The van der Waals surface area contributed by atoms with Gasteiger partial charge in [-0.1, -0.05) is 78.0 Å². The van der Waals surface area contributed by atoms with Crippen LogP contribution in [0.15, 0.2) is 107 Å². The maximum atomic E-state index is 13.8. The van der Waals surface area contributed by atoms with Crippen molar-refractivity contribution in [2.45, 2.75) is 31.1 Å². The van der Waals surface area contributed by atoms with Crippen LogP contribution in [0.2, 0.25) is 0 Å². The molecule has 0 saturated heterocycles. The molecule has 0 aliphatic carbocycles. The number of para-hydroxylation sites is 3. The van der Waals surface area contributed by atoms with Crippen LogP contribution in [-0.4, -0.2) is 56.8 Å². The summed E-state index contributed by atoms with van der Waals surface area (Å²) in [7, 11) is 1.59. The van der Waals surface area contributed by atoms with E-state index in [1.54, 1.807) is 40.2 Å². The number of thioether (sulfide) groups is 1. The minimum atomic E-state index is -0.307. The van der Waals surface area contributed by atoms with Gasteiger partial charge in [0.1, 0.15) is 11.5 Å². The van der Waals surface area contributed by atoms with Gasteiger partial charge >= 0.3 is 0 Å². The van der Waals surface area contributed by atoms with Crippen LogP contribution in [0.5, 0.6) is 11.5 Å². The summed E-state index contributed by atoms with van der Waals surface area (Å²) in [5.74, 6) is 1.30. The van der Waals surface area contributed by atoms with Crippen molar-refractivity contribution in [2.24, 2.45) is 5.10 Å². The number of thiophene rings is 1. The number of rotatable bonds is 12. The Labute approximate surface area is 275 Å². The molecule has 3 heterocycles. The molecule has 2 amide bonds. The zero-order valence-corrected chi connectivity index (χ0v) is 27.0. The first kappa shape index (κ1) is 31.1. The Balaban J connectivity index is 1.21. The van der Waals surface area contributed by atoms with Crippen molar-refractivity contribution >= 4 is 40.6 Å². The summed E-state index contributed by atoms with van der Waals surface area (Å²) in [5, 5.41) is 20.5. The van der Waals surface area contributed by atoms with Crippen LogP contribution in [0.1, 0.15) is 34.3 Å². The molecule has 10 nitrogen and oxygen atoms in total. The molecule has 6 rings (SSSR count). The van der Waals surface area contributed by atoms with E-state index in [4.69, 9.17) is 14.6 Å². The van der Waals surface area contributed by atoms with Crippen LogP contribution in [0.4, 0.5) is 0 Å². The van der Waals surface area contributed by atoms with Crippen molar-refractivity contribution in [3.63, 3.8) is 0 Å². The topological polar surface area (TPSA) is 111 Å². The van der Waals surface area contributed by atoms with Crippen LogP contribution in [0, 0.1) is 6.92 Å². The fourth-order valence-electron chi connectivity index (χ4n) is 5.03. The van der Waals surface area contributed by atoms with E-state index in [2.05, 4.69) is 39.8 Å². The number of carbonyl (C=O) groups is 2. The fraction of sp³-hybridized carbons (Fsp3) is 0.206. The third-order valence-electron chi connectivity index (χ3n) is 7.34. The van der Waals surface area contributed by atoms with Gasteiger partial charge in [0, 0.05) is 6.42 Å². The average Bonchev–Trinajstić information content (AvgIpc) is 3.86. The maximum Gasteiger partial charge on any atom is 0.258 e. The Kier molecular flexibility index (Phi) is 9.75. The van der Waals surface area contributed by atoms with E-state index in [0.29, 0.717) is 34.6 Å². The molecule has 234 valence electrons. The lowest BCUT2D eigenvalue weighted by atomic mass is 10.00. The summed E-state index contributed by atoms with van der Waals surface area (Å²) in [6.07, 6.45) is 0.634. The molecule has 0 radical (unpaired) electrons. The zero-order chi connectivity index (χ0) is 31.9. The monoisotopic (exact) mass is 652 g/mol. The van der Waals surface area contributed by atoms with Crippen molar-refractivity contribution in [1.82, 2.24) is 25.1 Å². The normalized spacial score (nSPS) is 14.2. The van der Waals surface area contributed by atoms with Gasteiger partial charge in [-0.15, -0.1) is 21.5 Å². The predicted molar refractivity (Wildman–Crippen MR) is 179 cm³/mol. The first-order chi connectivity index (χ1) is 22.5. The van der Waals surface area contributed by atoms with E-state index in [-0.39, 0.29) is 36.8 Å². The lowest BCUT2D eigenvalue weighted by Gasteiger charge is -2.22. The molecule has 0 bridgehead atoms. The number of hydrazone groups is 1. The molecule has 1 atom stereocenters. The third kappa shape index (κ3) is 7.13. The molecule has 1 aliphatic heterocycles. The quantitative estimate of drug-likeness (QED) is 0.169. The summed E-state index contributed by atoms with van der Waals surface area (Å²) in [5.41, 5.74) is 3.77. The van der Waals surface area contributed by atoms with Gasteiger partial charge < -0.3 is 14.8 Å². The standard InChI is InChI=1S/C34H32N6O4S2/c1-23-14-16-24(17-15-23)28-19-26(30-13-8-18-45-30)38-40(28)33(42)22-46-34-37-36-31(39(34)27-11-6-7-12-29(27)43-2)20-35-32(41)21-44-25-9-4-3-5-10-25/h3-18,28H,19-22H2,1-2H3,(H,35,41). The molecule has 3 aromatic carbocycles. The second kappa shape index (κ2) is 14.4. The first-order valence-corrected chi connectivity index (χ1v) is 16.5. The van der Waals surface area contributed by atoms with Crippen LogP contribution >= 0.6 is 23.1 Å². The number of nitrogens with one attached hydrogen (secondary N) is 1. The molecule has 1 unspecified atom stereocenters. The fourth-order valence-corrected chi connectivity index (χ4v) is 6.57. The van der Waals surface area contributed by atoms with Gasteiger partial charge in [-0.3, -0.25) is 14.2 Å². The lowest BCUT2D eigenvalue weighted by Crippen LogP contribution is -2.29. The van der Waals surface area contributed by atoms with Gasteiger partial charge in [-0.05, 0) is 48.2 Å². The number of amides is 2. The van der Waals surface area contributed by atoms with Crippen molar-refractivity contribution < 1.29 is 19.1 Å². The molecule has 5 aromatic rings. The number of hydrogen-bond donors (Lipinski definition) is 1. The highest BCUT2D eigenvalue weighted by Gasteiger charge is 2.33. The number of carbonyl (C=O) groups excluding carboxylic acids is 2. The van der Waals surface area contributed by atoms with Crippen molar-refractivity contribution in [3.8, 4) is 17.2 Å². The van der Waals surface area contributed by atoms with Gasteiger partial charge in [0.05, 0.1) is 41.7 Å². The Morgan fingerprint density at radius 1 is 0.978 bits per heavy atom. The van der Waals surface area contributed by atoms with E-state index in [1.165, 1.54) is 11.8 Å². The molecule has 0 fully saturated rings. The summed E-state index contributed by atoms with van der Waals surface area (Å²) >= 11 is 2.87. The number of ether oxygens (including phenoxy) is 2. The van der Waals surface area contributed by atoms with Gasteiger partial charge in [-0.25, -0.2) is 5.01 Å². The van der Waals surface area contributed by atoms with E-state index >= 15 is 0 Å². The Hall–Kier alpha value is -4.94. The molecular formula is C34H32N6O4S2. The van der Waals surface area contributed by atoms with E-state index in [0.717, 1.165) is 21.7 Å². The molecular weight excluding hydrogens is 621 g/mol. The molecule has 12 heteroatoms. The maximum absolute atomic E-state index is 13.8. The second-order valence-electron chi connectivity index (χ2n) is 10.5. The Morgan fingerprint density at radius 2 is 1.76 bits per heavy atom. The van der Waals surface area contributed by atoms with Gasteiger partial charge in [0.25, 0.3) is 11.8 Å². The number of aryl methyl sites for hydroxylation is 1. The van der Waals surface area contributed by atoms with Crippen LogP contribution in [-0.2, 0) is 16.1 Å². The van der Waals surface area contributed by atoms with E-state index in [9.17, 15) is 9.59 Å².